The summed E-state index contributed by atoms with van der Waals surface area (Å²) < 4.78 is 49.3. The summed E-state index contributed by atoms with van der Waals surface area (Å²) in [4.78, 5) is 17.5. The van der Waals surface area contributed by atoms with E-state index in [-0.39, 0.29) is 22.6 Å². The van der Waals surface area contributed by atoms with Crippen molar-refractivity contribution in [2.24, 2.45) is 0 Å². The summed E-state index contributed by atoms with van der Waals surface area (Å²) in [5, 5.41) is 3.42. The van der Waals surface area contributed by atoms with Crippen LogP contribution in [0.5, 0.6) is 11.5 Å². The number of hydrogen-bond donors (Lipinski definition) is 2. The molecule has 0 atom stereocenters. The average molecular weight is 486 g/mol. The van der Waals surface area contributed by atoms with Crippen LogP contribution in [-0.4, -0.2) is 22.2 Å². The first-order valence-corrected chi connectivity index (χ1v) is 10.7. The number of urea groups is 1. The molecule has 1 aromatic heterocycles. The molecule has 2 amide bonds. The summed E-state index contributed by atoms with van der Waals surface area (Å²) in [6, 6.07) is 12.7. The molecule has 10 heteroatoms. The molecule has 6 rings (SSSR count). The van der Waals surface area contributed by atoms with Crippen molar-refractivity contribution in [1.82, 2.24) is 9.88 Å². The van der Waals surface area contributed by atoms with E-state index in [4.69, 9.17) is 11.6 Å². The van der Waals surface area contributed by atoms with Gasteiger partial charge >= 0.3 is 12.3 Å². The van der Waals surface area contributed by atoms with Gasteiger partial charge in [-0.2, -0.15) is 0 Å². The van der Waals surface area contributed by atoms with E-state index in [9.17, 15) is 18.0 Å². The van der Waals surface area contributed by atoms with E-state index in [1.165, 1.54) is 24.3 Å². The van der Waals surface area contributed by atoms with Gasteiger partial charge < -0.3 is 24.7 Å². The first-order chi connectivity index (χ1) is 16.3. The van der Waals surface area contributed by atoms with Crippen LogP contribution in [0.15, 0.2) is 54.7 Å². The fourth-order valence-corrected chi connectivity index (χ4v) is 4.42. The topological polar surface area (TPSA) is 66.6 Å². The number of H-pyrrole nitrogens is 1. The normalized spacial score (nSPS) is 15.6. The Morgan fingerprint density at radius 1 is 1.00 bits per heavy atom. The summed E-state index contributed by atoms with van der Waals surface area (Å²) in [5.74, 6) is -0.586. The summed E-state index contributed by atoms with van der Waals surface area (Å²) >= 11 is 5.89. The Morgan fingerprint density at radius 3 is 2.59 bits per heavy atom. The predicted molar refractivity (Wildman–Crippen MR) is 120 cm³/mol. The van der Waals surface area contributed by atoms with Crippen molar-refractivity contribution in [3.8, 4) is 22.6 Å². The number of anilines is 1. The number of benzene rings is 3. The van der Waals surface area contributed by atoms with Crippen LogP contribution in [0.1, 0.15) is 11.1 Å². The van der Waals surface area contributed by atoms with Crippen molar-refractivity contribution in [1.29, 1.82) is 0 Å². The first kappa shape index (κ1) is 20.7. The van der Waals surface area contributed by atoms with E-state index in [0.29, 0.717) is 35.2 Å². The molecule has 3 aromatic carbocycles. The molecule has 0 aliphatic carbocycles. The number of rotatable bonds is 2. The molecule has 0 unspecified atom stereocenters. The largest absolute Gasteiger partial charge is 0.586 e. The maximum Gasteiger partial charge on any atom is 0.586 e. The summed E-state index contributed by atoms with van der Waals surface area (Å²) in [6.07, 6.45) is -2.08. The highest BCUT2D eigenvalue weighted by molar-refractivity contribution is 6.31. The molecule has 0 spiro atoms. The molecule has 0 saturated carbocycles. The number of carbonyl (C=O) groups is 1. The zero-order valence-electron chi connectivity index (χ0n) is 17.3. The van der Waals surface area contributed by atoms with Crippen LogP contribution < -0.4 is 14.8 Å². The number of amides is 2. The van der Waals surface area contributed by atoms with Gasteiger partial charge in [-0.05, 0) is 52.6 Å². The smallest absolute Gasteiger partial charge is 0.395 e. The molecule has 3 heterocycles. The number of halogens is 4. The molecule has 0 bridgehead atoms. The summed E-state index contributed by atoms with van der Waals surface area (Å²) in [7, 11) is 0. The van der Waals surface area contributed by atoms with Crippen molar-refractivity contribution in [3.05, 3.63) is 76.7 Å². The van der Waals surface area contributed by atoms with Crippen LogP contribution in [-0.2, 0) is 13.1 Å². The minimum Gasteiger partial charge on any atom is -0.395 e. The van der Waals surface area contributed by atoms with Crippen molar-refractivity contribution in [2.75, 3.05) is 5.32 Å². The molecular formula is C24H15ClF3N3O3. The highest BCUT2D eigenvalue weighted by Gasteiger charge is 2.43. The van der Waals surface area contributed by atoms with Gasteiger partial charge in [0.05, 0.1) is 16.2 Å². The summed E-state index contributed by atoms with van der Waals surface area (Å²) in [5.41, 5.74) is 4.43. The van der Waals surface area contributed by atoms with E-state index < -0.39 is 12.1 Å². The second kappa shape index (κ2) is 7.33. The van der Waals surface area contributed by atoms with E-state index in [1.54, 1.807) is 17.2 Å². The second-order valence-electron chi connectivity index (χ2n) is 8.11. The molecule has 0 saturated heterocycles. The highest BCUT2D eigenvalue weighted by atomic mass is 35.5. The van der Waals surface area contributed by atoms with Gasteiger partial charge in [-0.1, -0.05) is 29.8 Å². The lowest BCUT2D eigenvalue weighted by atomic mass is 10.0. The number of nitrogens with one attached hydrogen (secondary N) is 2. The number of aromatic amines is 1. The first-order valence-electron chi connectivity index (χ1n) is 10.3. The van der Waals surface area contributed by atoms with E-state index >= 15 is 0 Å². The van der Waals surface area contributed by atoms with E-state index in [2.05, 4.69) is 19.8 Å². The zero-order valence-corrected chi connectivity index (χ0v) is 18.1. The van der Waals surface area contributed by atoms with E-state index in [0.717, 1.165) is 16.7 Å². The van der Waals surface area contributed by atoms with Gasteiger partial charge in [0.1, 0.15) is 5.82 Å². The summed E-state index contributed by atoms with van der Waals surface area (Å²) in [6.45, 7) is 0.780. The van der Waals surface area contributed by atoms with Crippen LogP contribution in [0.4, 0.5) is 23.7 Å². The Bertz CT molecular complexity index is 1490. The molecule has 0 radical (unpaired) electrons. The zero-order chi connectivity index (χ0) is 23.6. The maximum atomic E-state index is 13.7. The average Bonchev–Trinajstić information content (AvgIpc) is 3.47. The third-order valence-corrected chi connectivity index (χ3v) is 6.20. The Hall–Kier alpha value is -3.85. The maximum absolute atomic E-state index is 13.7. The lowest BCUT2D eigenvalue weighted by molar-refractivity contribution is -0.286. The number of aromatic nitrogens is 1. The molecule has 2 aliphatic heterocycles. The Morgan fingerprint density at radius 2 is 1.74 bits per heavy atom. The number of nitrogens with zero attached hydrogens (tertiary/aromatic N) is 1. The number of ether oxygens (including phenoxy) is 2. The Kier molecular flexibility index (Phi) is 4.47. The van der Waals surface area contributed by atoms with Crippen LogP contribution in [0.25, 0.3) is 22.0 Å². The van der Waals surface area contributed by atoms with Gasteiger partial charge in [-0.25, -0.2) is 9.18 Å². The molecule has 4 aromatic rings. The number of carbonyl (C=O) groups excluding carboxylic acids is 1. The van der Waals surface area contributed by atoms with Crippen molar-refractivity contribution < 1.29 is 27.4 Å². The minimum atomic E-state index is -3.67. The van der Waals surface area contributed by atoms with Gasteiger partial charge in [0, 0.05) is 24.7 Å². The van der Waals surface area contributed by atoms with Gasteiger partial charge in [-0.15, -0.1) is 8.78 Å². The van der Waals surface area contributed by atoms with E-state index in [1.807, 2.05) is 18.2 Å². The SMILES string of the molecule is O=C(Nc1c[nH]c2cc(F)c(Cl)cc12)N1Cc2ccc(-c3ccc4c(c3)OC(F)(F)O4)cc2C1. The quantitative estimate of drug-likeness (QED) is 0.341. The molecule has 6 nitrogen and oxygen atoms in total. The second-order valence-corrected chi connectivity index (χ2v) is 8.52. The molecular weight excluding hydrogens is 471 g/mol. The van der Waals surface area contributed by atoms with Crippen LogP contribution in [0, 0.1) is 5.82 Å². The molecule has 172 valence electrons. The molecule has 2 N–H and O–H groups in total. The van der Waals surface area contributed by atoms with Crippen LogP contribution in [0.3, 0.4) is 0 Å². The predicted octanol–water partition coefficient (Wildman–Crippen LogP) is 6.50. The lowest BCUT2D eigenvalue weighted by Crippen LogP contribution is -2.30. The van der Waals surface area contributed by atoms with Gasteiger partial charge in [0.2, 0.25) is 0 Å². The Balaban J connectivity index is 1.20. The third kappa shape index (κ3) is 3.49. The van der Waals surface area contributed by atoms with Crippen molar-refractivity contribution in [2.45, 2.75) is 19.4 Å². The van der Waals surface area contributed by atoms with Crippen molar-refractivity contribution >= 4 is 34.2 Å². The standard InChI is InChI=1S/C24H15ClF3N3O3/c25-17-7-16-19(8-18(17)26)29-9-20(16)30-23(32)31-10-14-2-1-12(5-15(14)11-31)13-3-4-21-22(6-13)34-24(27,28)33-21/h1-9,29H,10-11H2,(H,30,32). The fraction of sp³-hybridized carbons (Fsp3) is 0.125. The molecule has 0 fully saturated rings. The van der Waals surface area contributed by atoms with Gasteiger partial charge in [0.15, 0.2) is 11.5 Å². The molecule has 34 heavy (non-hydrogen) atoms. The van der Waals surface area contributed by atoms with Crippen LogP contribution >= 0.6 is 11.6 Å². The fourth-order valence-electron chi connectivity index (χ4n) is 4.26. The van der Waals surface area contributed by atoms with Crippen LogP contribution in [0.2, 0.25) is 5.02 Å². The Labute approximate surface area is 195 Å². The molecule has 2 aliphatic rings. The monoisotopic (exact) mass is 485 g/mol. The minimum absolute atomic E-state index is 0.0148. The van der Waals surface area contributed by atoms with Gasteiger partial charge in [-0.3, -0.25) is 0 Å². The number of hydrogen-bond acceptors (Lipinski definition) is 3. The third-order valence-electron chi connectivity index (χ3n) is 5.91. The number of fused-ring (bicyclic) bond motifs is 3. The highest BCUT2D eigenvalue weighted by Crippen LogP contribution is 2.43. The van der Waals surface area contributed by atoms with Crippen molar-refractivity contribution in [3.63, 3.8) is 0 Å². The number of alkyl halides is 2. The lowest BCUT2D eigenvalue weighted by Gasteiger charge is -2.16. The van der Waals surface area contributed by atoms with Gasteiger partial charge in [0.25, 0.3) is 0 Å².